The average molecular weight is 270 g/mol. The van der Waals surface area contributed by atoms with Gasteiger partial charge < -0.3 is 5.32 Å². The second kappa shape index (κ2) is 5.83. The zero-order valence-electron chi connectivity index (χ0n) is 10.3. The molecule has 0 atom stereocenters. The van der Waals surface area contributed by atoms with Gasteiger partial charge in [0.15, 0.2) is 9.84 Å². The molecule has 0 fully saturated rings. The second-order valence-electron chi connectivity index (χ2n) is 4.14. The fourth-order valence-electron chi connectivity index (χ4n) is 1.33. The van der Waals surface area contributed by atoms with E-state index < -0.39 is 20.9 Å². The van der Waals surface area contributed by atoms with Crippen LogP contribution in [0.2, 0.25) is 0 Å². The highest BCUT2D eigenvalue weighted by molar-refractivity contribution is 7.92. The molecule has 0 spiro atoms. The maximum Gasteiger partial charge on any atom is 0.154 e. The van der Waals surface area contributed by atoms with E-state index in [1.807, 2.05) is 6.07 Å². The van der Waals surface area contributed by atoms with Crippen LogP contribution in [0.5, 0.6) is 0 Å². The number of hydrogen-bond acceptors (Lipinski definition) is 4. The Hall–Kier alpha value is -1.61. The highest BCUT2D eigenvalue weighted by Gasteiger charge is 2.15. The molecule has 0 saturated carbocycles. The lowest BCUT2D eigenvalue weighted by Crippen LogP contribution is -2.23. The molecule has 0 aliphatic rings. The summed E-state index contributed by atoms with van der Waals surface area (Å²) >= 11 is 0. The van der Waals surface area contributed by atoms with Crippen molar-refractivity contribution in [1.29, 1.82) is 5.26 Å². The van der Waals surface area contributed by atoms with E-state index in [4.69, 9.17) is 5.26 Å². The largest absolute Gasteiger partial charge is 0.383 e. The van der Waals surface area contributed by atoms with E-state index >= 15 is 0 Å². The number of halogens is 1. The predicted molar refractivity (Wildman–Crippen MR) is 68.5 cm³/mol. The molecule has 0 saturated heterocycles. The first-order valence-corrected chi connectivity index (χ1v) is 7.23. The van der Waals surface area contributed by atoms with Crippen molar-refractivity contribution in [3.05, 3.63) is 29.6 Å². The normalized spacial score (nSPS) is 11.3. The van der Waals surface area contributed by atoms with Crippen molar-refractivity contribution in [3.63, 3.8) is 0 Å². The molecular weight excluding hydrogens is 255 g/mol. The van der Waals surface area contributed by atoms with Crippen LogP contribution in [0.15, 0.2) is 18.2 Å². The molecule has 18 heavy (non-hydrogen) atoms. The smallest absolute Gasteiger partial charge is 0.154 e. The van der Waals surface area contributed by atoms with E-state index in [2.05, 4.69) is 5.32 Å². The van der Waals surface area contributed by atoms with Crippen molar-refractivity contribution >= 4 is 15.5 Å². The van der Waals surface area contributed by atoms with Crippen LogP contribution < -0.4 is 5.32 Å². The van der Waals surface area contributed by atoms with Crippen LogP contribution >= 0.6 is 0 Å². The summed E-state index contributed by atoms with van der Waals surface area (Å²) in [6, 6.07) is 5.61. The number of nitriles is 1. The van der Waals surface area contributed by atoms with Gasteiger partial charge in [0.2, 0.25) is 0 Å². The Morgan fingerprint density at radius 2 is 2.11 bits per heavy atom. The van der Waals surface area contributed by atoms with Crippen LogP contribution in [0.1, 0.15) is 19.4 Å². The maximum atomic E-state index is 12.9. The molecule has 4 nitrogen and oxygen atoms in total. The minimum absolute atomic E-state index is 0.0209. The molecule has 1 rings (SSSR count). The Morgan fingerprint density at radius 3 is 2.67 bits per heavy atom. The topological polar surface area (TPSA) is 70.0 Å². The zero-order valence-corrected chi connectivity index (χ0v) is 11.1. The highest BCUT2D eigenvalue weighted by Crippen LogP contribution is 2.15. The molecule has 0 aromatic heterocycles. The van der Waals surface area contributed by atoms with Gasteiger partial charge in [0.25, 0.3) is 0 Å². The molecular formula is C12H15FN2O2S. The summed E-state index contributed by atoms with van der Waals surface area (Å²) in [6.45, 7) is 3.43. The van der Waals surface area contributed by atoms with Gasteiger partial charge in [-0.2, -0.15) is 5.26 Å². The summed E-state index contributed by atoms with van der Waals surface area (Å²) in [5.74, 6) is -0.515. The Bertz CT molecular complexity index is 562. The molecule has 0 amide bonds. The van der Waals surface area contributed by atoms with Gasteiger partial charge in [0.1, 0.15) is 11.9 Å². The third kappa shape index (κ3) is 3.70. The van der Waals surface area contributed by atoms with Crippen LogP contribution in [0.25, 0.3) is 0 Å². The van der Waals surface area contributed by atoms with E-state index in [9.17, 15) is 12.8 Å². The van der Waals surface area contributed by atoms with Gasteiger partial charge in [-0.3, -0.25) is 0 Å². The lowest BCUT2D eigenvalue weighted by molar-refractivity contribution is 0.587. The van der Waals surface area contributed by atoms with E-state index in [1.165, 1.54) is 12.1 Å². The summed E-state index contributed by atoms with van der Waals surface area (Å²) in [5.41, 5.74) is 0.606. The second-order valence-corrected chi connectivity index (χ2v) is 6.82. The Balaban J connectivity index is 2.69. The van der Waals surface area contributed by atoms with Gasteiger partial charge in [-0.25, -0.2) is 12.8 Å². The summed E-state index contributed by atoms with van der Waals surface area (Å²) in [7, 11) is -3.12. The number of nitrogens with one attached hydrogen (secondary N) is 1. The van der Waals surface area contributed by atoms with Crippen molar-refractivity contribution in [1.82, 2.24) is 0 Å². The molecule has 0 aliphatic heterocycles. The van der Waals surface area contributed by atoms with Crippen LogP contribution in [-0.2, 0) is 9.84 Å². The van der Waals surface area contributed by atoms with Gasteiger partial charge in [-0.05, 0) is 32.0 Å². The first-order chi connectivity index (χ1) is 8.36. The minimum atomic E-state index is -3.12. The van der Waals surface area contributed by atoms with Gasteiger partial charge >= 0.3 is 0 Å². The molecule has 0 aliphatic carbocycles. The molecule has 0 heterocycles. The van der Waals surface area contributed by atoms with E-state index in [1.54, 1.807) is 13.8 Å². The van der Waals surface area contributed by atoms with Gasteiger partial charge in [0, 0.05) is 6.54 Å². The van der Waals surface area contributed by atoms with Crippen LogP contribution in [0.4, 0.5) is 10.1 Å². The Labute approximate surface area is 106 Å². The Kier molecular flexibility index (Phi) is 4.68. The fourth-order valence-corrected chi connectivity index (χ4v) is 2.18. The van der Waals surface area contributed by atoms with Crippen molar-refractivity contribution in [3.8, 4) is 6.07 Å². The molecule has 0 bridgehead atoms. The molecule has 1 N–H and O–H groups in total. The quantitative estimate of drug-likeness (QED) is 0.887. The maximum absolute atomic E-state index is 12.9. The highest BCUT2D eigenvalue weighted by atomic mass is 32.2. The van der Waals surface area contributed by atoms with Crippen molar-refractivity contribution < 1.29 is 12.8 Å². The van der Waals surface area contributed by atoms with Crippen LogP contribution in [0.3, 0.4) is 0 Å². The number of anilines is 1. The third-order valence-electron chi connectivity index (χ3n) is 2.52. The van der Waals surface area contributed by atoms with Crippen molar-refractivity contribution in [2.75, 3.05) is 17.6 Å². The lowest BCUT2D eigenvalue weighted by Gasteiger charge is -2.10. The standard InChI is InChI=1S/C12H15FN2O2S/c1-9(2)18(16,17)6-5-15-12-4-3-11(13)7-10(12)8-14/h3-4,7,9,15H,5-6H2,1-2H3. The number of benzene rings is 1. The summed E-state index contributed by atoms with van der Waals surface area (Å²) in [4.78, 5) is 0. The SMILES string of the molecule is CC(C)S(=O)(=O)CCNc1ccc(F)cc1C#N. The summed E-state index contributed by atoms with van der Waals surface area (Å²) < 4.78 is 36.0. The number of sulfone groups is 1. The van der Waals surface area contributed by atoms with Crippen molar-refractivity contribution in [2.24, 2.45) is 0 Å². The number of hydrogen-bond donors (Lipinski definition) is 1. The number of nitrogens with zero attached hydrogens (tertiary/aromatic N) is 1. The molecule has 6 heteroatoms. The van der Waals surface area contributed by atoms with Gasteiger partial charge in [-0.15, -0.1) is 0 Å². The molecule has 1 aromatic rings. The molecule has 0 unspecified atom stereocenters. The third-order valence-corrected chi connectivity index (χ3v) is 4.73. The molecule has 0 radical (unpaired) electrons. The summed E-state index contributed by atoms with van der Waals surface area (Å²) in [6.07, 6.45) is 0. The van der Waals surface area contributed by atoms with Crippen LogP contribution in [-0.4, -0.2) is 26.0 Å². The van der Waals surface area contributed by atoms with E-state index in [0.29, 0.717) is 5.69 Å². The lowest BCUT2D eigenvalue weighted by atomic mass is 10.2. The molecule has 1 aromatic carbocycles. The van der Waals surface area contributed by atoms with Gasteiger partial charge in [-0.1, -0.05) is 0 Å². The van der Waals surface area contributed by atoms with E-state index in [0.717, 1.165) is 6.07 Å². The number of rotatable bonds is 5. The van der Waals surface area contributed by atoms with Crippen LogP contribution in [0, 0.1) is 17.1 Å². The summed E-state index contributed by atoms with van der Waals surface area (Å²) in [5, 5.41) is 11.2. The van der Waals surface area contributed by atoms with Crippen molar-refractivity contribution in [2.45, 2.75) is 19.1 Å². The average Bonchev–Trinajstić information content (AvgIpc) is 2.30. The Morgan fingerprint density at radius 1 is 1.44 bits per heavy atom. The monoisotopic (exact) mass is 270 g/mol. The van der Waals surface area contributed by atoms with Gasteiger partial charge in [0.05, 0.1) is 22.3 Å². The first kappa shape index (κ1) is 14.5. The predicted octanol–water partition coefficient (Wildman–Crippen LogP) is 1.93. The minimum Gasteiger partial charge on any atom is -0.383 e. The first-order valence-electron chi connectivity index (χ1n) is 5.52. The fraction of sp³-hybridized carbons (Fsp3) is 0.417. The zero-order chi connectivity index (χ0) is 13.8. The van der Waals surface area contributed by atoms with E-state index in [-0.39, 0.29) is 17.9 Å². The molecule has 98 valence electrons.